The summed E-state index contributed by atoms with van der Waals surface area (Å²) in [6.45, 7) is 5.33. The van der Waals surface area contributed by atoms with Gasteiger partial charge in [-0.15, -0.1) is 0 Å². The molecule has 3 rings (SSSR count). The first-order valence-corrected chi connectivity index (χ1v) is 9.21. The van der Waals surface area contributed by atoms with E-state index in [0.717, 1.165) is 5.56 Å². The molecular weight excluding hydrogens is 360 g/mol. The van der Waals surface area contributed by atoms with Crippen molar-refractivity contribution in [3.05, 3.63) is 47.5 Å². The van der Waals surface area contributed by atoms with E-state index in [9.17, 15) is 9.59 Å². The second-order valence-electron chi connectivity index (χ2n) is 6.29. The number of fused-ring (bicyclic) bond motifs is 1. The van der Waals surface area contributed by atoms with E-state index >= 15 is 0 Å². The molecule has 148 valence electrons. The van der Waals surface area contributed by atoms with Crippen LogP contribution in [0.1, 0.15) is 29.8 Å². The number of carbonyl (C=O) groups is 2. The lowest BCUT2D eigenvalue weighted by molar-refractivity contribution is -0.118. The second-order valence-corrected chi connectivity index (χ2v) is 6.29. The van der Waals surface area contributed by atoms with Crippen LogP contribution in [-0.4, -0.2) is 43.6 Å². The van der Waals surface area contributed by atoms with Gasteiger partial charge in [-0.3, -0.25) is 9.59 Å². The van der Waals surface area contributed by atoms with Gasteiger partial charge in [-0.25, -0.2) is 0 Å². The van der Waals surface area contributed by atoms with Crippen molar-refractivity contribution in [1.29, 1.82) is 0 Å². The number of hydrogen-bond donors (Lipinski definition) is 1. The smallest absolute Gasteiger partial charge is 0.262 e. The molecule has 0 atom stereocenters. The number of ether oxygens (including phenoxy) is 3. The van der Waals surface area contributed by atoms with Gasteiger partial charge < -0.3 is 24.4 Å². The van der Waals surface area contributed by atoms with E-state index in [0.29, 0.717) is 48.2 Å². The normalized spacial score (nSPS) is 12.5. The van der Waals surface area contributed by atoms with E-state index in [1.807, 2.05) is 32.0 Å². The van der Waals surface area contributed by atoms with Crippen molar-refractivity contribution in [2.45, 2.75) is 20.4 Å². The van der Waals surface area contributed by atoms with Gasteiger partial charge >= 0.3 is 0 Å². The van der Waals surface area contributed by atoms with Crippen LogP contribution in [0.3, 0.4) is 0 Å². The molecule has 1 N–H and O–H groups in total. The van der Waals surface area contributed by atoms with Gasteiger partial charge in [0.2, 0.25) is 0 Å². The fourth-order valence-corrected chi connectivity index (χ4v) is 3.02. The summed E-state index contributed by atoms with van der Waals surface area (Å²) >= 11 is 0. The highest BCUT2D eigenvalue weighted by molar-refractivity contribution is 5.99. The quantitative estimate of drug-likeness (QED) is 0.794. The summed E-state index contributed by atoms with van der Waals surface area (Å²) in [7, 11) is 1.59. The summed E-state index contributed by atoms with van der Waals surface area (Å²) in [6, 6.07) is 10.7. The number of methoxy groups -OCH3 is 1. The van der Waals surface area contributed by atoms with Gasteiger partial charge in [-0.2, -0.15) is 0 Å². The predicted molar refractivity (Wildman–Crippen MR) is 105 cm³/mol. The SMILES string of the molecule is CCOc1ccc(CN(CC)C(=O)c2ccc3c(c2)OCC(=O)N3)cc1OC. The van der Waals surface area contributed by atoms with Gasteiger partial charge in [0.15, 0.2) is 18.1 Å². The number of hydrogen-bond acceptors (Lipinski definition) is 5. The van der Waals surface area contributed by atoms with Crippen LogP contribution in [0.4, 0.5) is 5.69 Å². The Hall–Kier alpha value is -3.22. The largest absolute Gasteiger partial charge is 0.493 e. The fraction of sp³-hybridized carbons (Fsp3) is 0.333. The second kappa shape index (κ2) is 8.65. The fourth-order valence-electron chi connectivity index (χ4n) is 3.02. The maximum atomic E-state index is 13.0. The monoisotopic (exact) mass is 384 g/mol. The molecule has 0 unspecified atom stereocenters. The first-order valence-electron chi connectivity index (χ1n) is 9.21. The van der Waals surface area contributed by atoms with E-state index in [1.54, 1.807) is 30.2 Å². The molecule has 1 aliphatic heterocycles. The van der Waals surface area contributed by atoms with Crippen molar-refractivity contribution in [2.24, 2.45) is 0 Å². The minimum absolute atomic E-state index is 0.0475. The Kier molecular flexibility index (Phi) is 6.03. The maximum absolute atomic E-state index is 13.0. The predicted octanol–water partition coefficient (Wildman–Crippen LogP) is 3.09. The Morgan fingerprint density at radius 1 is 1.18 bits per heavy atom. The van der Waals surface area contributed by atoms with Crippen LogP contribution in [0.2, 0.25) is 0 Å². The number of benzene rings is 2. The Labute approximate surface area is 164 Å². The van der Waals surface area contributed by atoms with Gasteiger partial charge in [0.25, 0.3) is 11.8 Å². The molecule has 2 aromatic rings. The summed E-state index contributed by atoms with van der Waals surface area (Å²) in [5.41, 5.74) is 2.03. The van der Waals surface area contributed by atoms with Crippen molar-refractivity contribution in [3.63, 3.8) is 0 Å². The lowest BCUT2D eigenvalue weighted by atomic mass is 10.1. The lowest BCUT2D eigenvalue weighted by Crippen LogP contribution is -2.31. The van der Waals surface area contributed by atoms with Crippen LogP contribution in [0, 0.1) is 0 Å². The van der Waals surface area contributed by atoms with Gasteiger partial charge in [0.05, 0.1) is 19.4 Å². The highest BCUT2D eigenvalue weighted by atomic mass is 16.5. The number of carbonyl (C=O) groups excluding carboxylic acids is 2. The van der Waals surface area contributed by atoms with E-state index in [2.05, 4.69) is 5.32 Å². The molecule has 2 amide bonds. The van der Waals surface area contributed by atoms with Crippen molar-refractivity contribution in [2.75, 3.05) is 32.2 Å². The summed E-state index contributed by atoms with van der Waals surface area (Å²) in [6.07, 6.45) is 0. The van der Waals surface area contributed by atoms with Crippen LogP contribution in [0.15, 0.2) is 36.4 Å². The molecule has 0 fully saturated rings. The topological polar surface area (TPSA) is 77.1 Å². The molecule has 0 aliphatic carbocycles. The first kappa shape index (κ1) is 19.5. The zero-order chi connectivity index (χ0) is 20.1. The average molecular weight is 384 g/mol. The Bertz CT molecular complexity index is 881. The molecule has 0 saturated carbocycles. The van der Waals surface area contributed by atoms with E-state index in [4.69, 9.17) is 14.2 Å². The molecule has 0 spiro atoms. The van der Waals surface area contributed by atoms with E-state index < -0.39 is 0 Å². The molecule has 1 heterocycles. The van der Waals surface area contributed by atoms with E-state index in [-0.39, 0.29) is 18.4 Å². The molecule has 7 nitrogen and oxygen atoms in total. The van der Waals surface area contributed by atoms with Crippen LogP contribution < -0.4 is 19.5 Å². The summed E-state index contributed by atoms with van der Waals surface area (Å²) < 4.78 is 16.3. The molecule has 0 radical (unpaired) electrons. The highest BCUT2D eigenvalue weighted by Gasteiger charge is 2.21. The minimum Gasteiger partial charge on any atom is -0.493 e. The summed E-state index contributed by atoms with van der Waals surface area (Å²) in [5.74, 6) is 1.51. The molecule has 2 aromatic carbocycles. The zero-order valence-corrected chi connectivity index (χ0v) is 16.3. The maximum Gasteiger partial charge on any atom is 0.262 e. The van der Waals surface area contributed by atoms with Crippen molar-refractivity contribution in [1.82, 2.24) is 4.90 Å². The number of nitrogens with zero attached hydrogens (tertiary/aromatic N) is 1. The van der Waals surface area contributed by atoms with Gasteiger partial charge in [-0.05, 0) is 49.7 Å². The van der Waals surface area contributed by atoms with Gasteiger partial charge in [-0.1, -0.05) is 6.07 Å². The Morgan fingerprint density at radius 3 is 2.71 bits per heavy atom. The number of amides is 2. The van der Waals surface area contributed by atoms with Crippen LogP contribution >= 0.6 is 0 Å². The molecule has 0 aromatic heterocycles. The zero-order valence-electron chi connectivity index (χ0n) is 16.3. The number of anilines is 1. The van der Waals surface area contributed by atoms with Crippen LogP contribution in [0.5, 0.6) is 17.2 Å². The van der Waals surface area contributed by atoms with Crippen LogP contribution in [0.25, 0.3) is 0 Å². The van der Waals surface area contributed by atoms with Crippen molar-refractivity contribution in [3.8, 4) is 17.2 Å². The first-order chi connectivity index (χ1) is 13.5. The van der Waals surface area contributed by atoms with Gasteiger partial charge in [0, 0.05) is 18.7 Å². The summed E-state index contributed by atoms with van der Waals surface area (Å²) in [4.78, 5) is 26.1. The highest BCUT2D eigenvalue weighted by Crippen LogP contribution is 2.30. The average Bonchev–Trinajstić information content (AvgIpc) is 2.72. The standard InChI is InChI=1S/C21H24N2O5/c1-4-23(12-14-6-9-17(27-5-2)19(10-14)26-3)21(25)15-7-8-16-18(11-15)28-13-20(24)22-16/h6-11H,4-5,12-13H2,1-3H3,(H,22,24). The van der Waals surface area contributed by atoms with Crippen molar-refractivity contribution < 1.29 is 23.8 Å². The molecule has 0 saturated heterocycles. The third-order valence-electron chi connectivity index (χ3n) is 4.43. The lowest BCUT2D eigenvalue weighted by Gasteiger charge is -2.23. The third kappa shape index (κ3) is 4.19. The molecule has 7 heteroatoms. The van der Waals surface area contributed by atoms with Gasteiger partial charge in [0.1, 0.15) is 5.75 Å². The van der Waals surface area contributed by atoms with E-state index in [1.165, 1.54) is 0 Å². The molecular formula is C21H24N2O5. The molecule has 1 aliphatic rings. The number of nitrogens with one attached hydrogen (secondary N) is 1. The van der Waals surface area contributed by atoms with Crippen LogP contribution in [-0.2, 0) is 11.3 Å². The Morgan fingerprint density at radius 2 is 2.00 bits per heavy atom. The minimum atomic E-state index is -0.203. The molecule has 0 bridgehead atoms. The molecule has 28 heavy (non-hydrogen) atoms. The third-order valence-corrected chi connectivity index (χ3v) is 4.43. The van der Waals surface area contributed by atoms with Crippen molar-refractivity contribution >= 4 is 17.5 Å². The summed E-state index contributed by atoms with van der Waals surface area (Å²) in [5, 5.41) is 2.72. The Balaban J connectivity index is 1.78. The number of rotatable bonds is 7.